The Labute approximate surface area is 142 Å². The van der Waals surface area contributed by atoms with Crippen molar-refractivity contribution in [3.63, 3.8) is 0 Å². The van der Waals surface area contributed by atoms with Gasteiger partial charge in [-0.05, 0) is 48.5 Å². The van der Waals surface area contributed by atoms with Crippen LogP contribution in [-0.4, -0.2) is 16.8 Å². The molecule has 0 heterocycles. The second kappa shape index (κ2) is 6.41. The van der Waals surface area contributed by atoms with Crippen LogP contribution in [0.25, 0.3) is 0 Å². The van der Waals surface area contributed by atoms with Gasteiger partial charge in [-0.25, -0.2) is 16.8 Å². The molecule has 9 heteroatoms. The summed E-state index contributed by atoms with van der Waals surface area (Å²) in [6.45, 7) is 0. The molecule has 0 saturated heterocycles. The smallest absolute Gasteiger partial charge is 0.212 e. The van der Waals surface area contributed by atoms with Crippen LogP contribution in [0.5, 0.6) is 0 Å². The molecule has 21 heavy (non-hydrogen) atoms. The van der Waals surface area contributed by atoms with Crippen LogP contribution < -0.4 is 0 Å². The van der Waals surface area contributed by atoms with Crippen molar-refractivity contribution in [3.8, 4) is 0 Å². The number of rotatable bonds is 4. The zero-order valence-electron chi connectivity index (χ0n) is 10.2. The third-order valence-electron chi connectivity index (χ3n) is 2.45. The van der Waals surface area contributed by atoms with Crippen LogP contribution >= 0.6 is 41.4 Å². The van der Waals surface area contributed by atoms with Crippen LogP contribution in [0, 0.1) is 0 Å². The van der Waals surface area contributed by atoms with E-state index in [4.69, 9.17) is 0 Å². The monoisotopic (exact) mass is 470 g/mol. The van der Waals surface area contributed by atoms with E-state index in [1.54, 1.807) is 24.3 Å². The highest BCUT2D eigenvalue weighted by Crippen LogP contribution is 2.30. The van der Waals surface area contributed by atoms with Gasteiger partial charge in [0.2, 0.25) is 16.5 Å². The van der Waals surface area contributed by atoms with Gasteiger partial charge in [-0.1, -0.05) is 11.8 Å². The normalized spacial score (nSPS) is 12.3. The van der Waals surface area contributed by atoms with Gasteiger partial charge in [-0.15, -0.1) is 0 Å². The van der Waals surface area contributed by atoms with E-state index in [2.05, 4.69) is 29.6 Å². The van der Waals surface area contributed by atoms with E-state index in [1.165, 1.54) is 36.0 Å². The Morgan fingerprint density at radius 2 is 0.905 bits per heavy atom. The fraction of sp³-hybridized carbons (Fsp3) is 0. The molecule has 0 aliphatic rings. The summed E-state index contributed by atoms with van der Waals surface area (Å²) in [4.78, 5) is 2.08. The number of halogens is 2. The lowest BCUT2D eigenvalue weighted by molar-refractivity contribution is 0.610. The number of hydrogen-bond acceptors (Lipinski definition) is 5. The molecule has 112 valence electrons. The predicted octanol–water partition coefficient (Wildman–Crippen LogP) is 4.01. The maximum atomic E-state index is 11.3. The minimum Gasteiger partial charge on any atom is -0.212 e. The Balaban J connectivity index is 2.19. The fourth-order valence-electron chi connectivity index (χ4n) is 1.48. The Morgan fingerprint density at radius 1 is 0.619 bits per heavy atom. The Hall–Kier alpha value is -0.350. The van der Waals surface area contributed by atoms with Gasteiger partial charge < -0.3 is 0 Å². The largest absolute Gasteiger partial charge is 0.237 e. The first kappa shape index (κ1) is 17.0. The van der Waals surface area contributed by atoms with Crippen molar-refractivity contribution >= 4 is 57.9 Å². The SMILES string of the molecule is O=S(=O)(Br)c1ccc(Sc2ccc(S(=O)(=O)Br)cc2)cc1. The standard InChI is InChI=1S/C12H8Br2O4S3/c13-20(15,16)11-5-1-9(2-6-11)19-10-3-7-12(8-4-10)21(14,17)18/h1-8H. The summed E-state index contributed by atoms with van der Waals surface area (Å²) in [7, 11) is -6.77. The molecule has 0 atom stereocenters. The molecule has 0 aliphatic heterocycles. The predicted molar refractivity (Wildman–Crippen MR) is 89.2 cm³/mol. The van der Waals surface area contributed by atoms with Crippen LogP contribution in [0.2, 0.25) is 0 Å². The maximum Gasteiger partial charge on any atom is 0.237 e. The quantitative estimate of drug-likeness (QED) is 0.630. The molecular formula is C12H8Br2O4S3. The molecule has 0 bridgehead atoms. The molecule has 2 aromatic carbocycles. The van der Waals surface area contributed by atoms with E-state index >= 15 is 0 Å². The molecule has 0 fully saturated rings. The van der Waals surface area contributed by atoms with Gasteiger partial charge in [0.05, 0.1) is 39.4 Å². The van der Waals surface area contributed by atoms with Gasteiger partial charge in [0, 0.05) is 9.79 Å². The lowest BCUT2D eigenvalue weighted by Gasteiger charge is -2.03. The summed E-state index contributed by atoms with van der Waals surface area (Å²) in [6, 6.07) is 12.8. The Morgan fingerprint density at radius 3 is 1.14 bits per heavy atom. The first-order valence-electron chi connectivity index (χ1n) is 5.43. The third-order valence-corrected chi connectivity index (χ3v) is 7.38. The Kier molecular flexibility index (Phi) is 5.19. The highest BCUT2D eigenvalue weighted by molar-refractivity contribution is 9.47. The molecule has 4 nitrogen and oxygen atoms in total. The molecular weight excluding hydrogens is 464 g/mol. The van der Waals surface area contributed by atoms with Crippen LogP contribution in [0.4, 0.5) is 0 Å². The zero-order valence-corrected chi connectivity index (χ0v) is 15.9. The molecule has 2 aromatic rings. The lowest BCUT2D eigenvalue weighted by atomic mass is 10.4. The average Bonchev–Trinajstić information content (AvgIpc) is 2.38. The van der Waals surface area contributed by atoms with E-state index in [0.29, 0.717) is 0 Å². The van der Waals surface area contributed by atoms with Crippen molar-refractivity contribution in [2.45, 2.75) is 19.6 Å². The van der Waals surface area contributed by atoms with Crippen molar-refractivity contribution in [1.29, 1.82) is 0 Å². The lowest BCUT2D eigenvalue weighted by Crippen LogP contribution is -1.89. The molecule has 0 spiro atoms. The highest BCUT2D eigenvalue weighted by atomic mass is 79.9. The van der Waals surface area contributed by atoms with E-state index in [1.807, 2.05) is 0 Å². The number of hydrogen-bond donors (Lipinski definition) is 0. The van der Waals surface area contributed by atoms with Gasteiger partial charge >= 0.3 is 0 Å². The minimum absolute atomic E-state index is 0.188. The van der Waals surface area contributed by atoms with Gasteiger partial charge in [-0.2, -0.15) is 0 Å². The van der Waals surface area contributed by atoms with Crippen molar-refractivity contribution in [1.82, 2.24) is 0 Å². The molecule has 0 N–H and O–H groups in total. The second-order valence-electron chi connectivity index (χ2n) is 3.92. The number of benzene rings is 2. The van der Waals surface area contributed by atoms with Gasteiger partial charge in [0.1, 0.15) is 0 Å². The van der Waals surface area contributed by atoms with Crippen molar-refractivity contribution in [2.75, 3.05) is 0 Å². The third kappa shape index (κ3) is 4.82. The van der Waals surface area contributed by atoms with E-state index < -0.39 is 16.5 Å². The summed E-state index contributed by atoms with van der Waals surface area (Å²) in [5.41, 5.74) is 0. The van der Waals surface area contributed by atoms with E-state index in [-0.39, 0.29) is 9.79 Å². The molecule has 0 saturated carbocycles. The average molecular weight is 472 g/mol. The zero-order chi connectivity index (χ0) is 15.7. The Bertz CT molecular complexity index is 769. The first-order chi connectivity index (χ1) is 9.66. The molecule has 0 aromatic heterocycles. The topological polar surface area (TPSA) is 68.3 Å². The van der Waals surface area contributed by atoms with Crippen molar-refractivity contribution in [3.05, 3.63) is 48.5 Å². The molecule has 0 aliphatic carbocycles. The minimum atomic E-state index is -3.38. The van der Waals surface area contributed by atoms with Gasteiger partial charge in [-0.3, -0.25) is 0 Å². The molecule has 0 unspecified atom stereocenters. The van der Waals surface area contributed by atoms with Gasteiger partial charge in [0.25, 0.3) is 0 Å². The van der Waals surface area contributed by atoms with Crippen molar-refractivity contribution < 1.29 is 16.8 Å². The van der Waals surface area contributed by atoms with Crippen LogP contribution in [-0.2, 0) is 16.5 Å². The fourth-order valence-corrected chi connectivity index (χ4v) is 4.51. The van der Waals surface area contributed by atoms with Crippen LogP contribution in [0.15, 0.2) is 68.1 Å². The van der Waals surface area contributed by atoms with Crippen molar-refractivity contribution in [2.24, 2.45) is 0 Å². The summed E-state index contributed by atoms with van der Waals surface area (Å²) in [6.07, 6.45) is 0. The maximum absolute atomic E-state index is 11.3. The molecule has 0 amide bonds. The molecule has 0 radical (unpaired) electrons. The van der Waals surface area contributed by atoms with E-state index in [0.717, 1.165) is 9.79 Å². The summed E-state index contributed by atoms with van der Waals surface area (Å²) in [5, 5.41) is 0. The van der Waals surface area contributed by atoms with Gasteiger partial charge in [0.15, 0.2) is 0 Å². The summed E-state index contributed by atoms with van der Waals surface area (Å²) >= 11 is 6.62. The van der Waals surface area contributed by atoms with E-state index in [9.17, 15) is 16.8 Å². The summed E-state index contributed by atoms with van der Waals surface area (Å²) < 4.78 is 45.1. The van der Waals surface area contributed by atoms with Crippen LogP contribution in [0.1, 0.15) is 0 Å². The highest BCUT2D eigenvalue weighted by Gasteiger charge is 2.10. The second-order valence-corrected chi connectivity index (χ2v) is 12.9. The first-order valence-corrected chi connectivity index (χ1v) is 12.9. The summed E-state index contributed by atoms with van der Waals surface area (Å²) in [5.74, 6) is 0. The van der Waals surface area contributed by atoms with Crippen LogP contribution in [0.3, 0.4) is 0 Å². The molecule has 2 rings (SSSR count).